The molecule has 0 aromatic rings. The maximum Gasteiger partial charge on any atom is 0.249 e. The van der Waals surface area contributed by atoms with E-state index < -0.39 is 0 Å². The van der Waals surface area contributed by atoms with E-state index in [1.54, 1.807) is 25.1 Å². The van der Waals surface area contributed by atoms with Crippen molar-refractivity contribution >= 4 is 18.8 Å². The molecule has 0 heterocycles. The zero-order valence-electron chi connectivity index (χ0n) is 7.07. The van der Waals surface area contributed by atoms with Crippen LogP contribution in [0.15, 0.2) is 23.5 Å². The van der Waals surface area contributed by atoms with Gasteiger partial charge in [0.05, 0.1) is 0 Å². The molecule has 1 rings (SSSR count). The molecule has 12 heavy (non-hydrogen) atoms. The number of allylic oxidation sites excluding steroid dienone is 2. The third-order valence-corrected chi connectivity index (χ3v) is 1.84. The average molecular weight is 185 g/mol. The van der Waals surface area contributed by atoms with Gasteiger partial charge in [0.2, 0.25) is 5.91 Å². The van der Waals surface area contributed by atoms with Crippen molar-refractivity contribution in [3.05, 3.63) is 23.5 Å². The molecular formula is C8H11NO2S. The summed E-state index contributed by atoms with van der Waals surface area (Å²) in [4.78, 5) is 12.9. The Morgan fingerprint density at radius 1 is 1.67 bits per heavy atom. The lowest BCUT2D eigenvalue weighted by atomic mass is 10.2. The standard InChI is InChI=1S/C8H11NO2S/c1-9(2)8(10)6-3-4-7(5-6)11-12/h4-5,12H,3H2,1-2H3. The summed E-state index contributed by atoms with van der Waals surface area (Å²) in [5, 5.41) is 0. The molecule has 1 amide bonds. The lowest BCUT2D eigenvalue weighted by Crippen LogP contribution is -2.22. The summed E-state index contributed by atoms with van der Waals surface area (Å²) in [6.07, 6.45) is 4.16. The van der Waals surface area contributed by atoms with Gasteiger partial charge in [-0.2, -0.15) is 0 Å². The van der Waals surface area contributed by atoms with Gasteiger partial charge in [0, 0.05) is 32.6 Å². The number of nitrogens with zero attached hydrogens (tertiary/aromatic N) is 1. The van der Waals surface area contributed by atoms with Gasteiger partial charge in [0.15, 0.2) is 0 Å². The van der Waals surface area contributed by atoms with Crippen molar-refractivity contribution in [1.29, 1.82) is 0 Å². The number of hydrogen-bond acceptors (Lipinski definition) is 3. The second kappa shape index (κ2) is 3.67. The quantitative estimate of drug-likeness (QED) is 0.516. The van der Waals surface area contributed by atoms with Crippen LogP contribution in [-0.2, 0) is 8.98 Å². The minimum absolute atomic E-state index is 0.0200. The zero-order valence-corrected chi connectivity index (χ0v) is 7.97. The Bertz CT molecular complexity index is 256. The van der Waals surface area contributed by atoms with Crippen LogP contribution in [-0.4, -0.2) is 24.9 Å². The molecule has 0 saturated carbocycles. The first kappa shape index (κ1) is 9.19. The number of rotatable bonds is 2. The van der Waals surface area contributed by atoms with Crippen LogP contribution in [0.3, 0.4) is 0 Å². The molecule has 4 heteroatoms. The topological polar surface area (TPSA) is 29.5 Å². The summed E-state index contributed by atoms with van der Waals surface area (Å²) in [7, 11) is 3.45. The van der Waals surface area contributed by atoms with Crippen LogP contribution >= 0.6 is 12.9 Å². The van der Waals surface area contributed by atoms with Crippen LogP contribution in [0.2, 0.25) is 0 Å². The van der Waals surface area contributed by atoms with Crippen molar-refractivity contribution in [2.75, 3.05) is 14.1 Å². The Morgan fingerprint density at radius 2 is 2.33 bits per heavy atom. The van der Waals surface area contributed by atoms with Crippen molar-refractivity contribution in [1.82, 2.24) is 4.90 Å². The third kappa shape index (κ3) is 1.82. The second-order valence-electron chi connectivity index (χ2n) is 2.77. The molecule has 0 unspecified atom stereocenters. The van der Waals surface area contributed by atoms with Crippen LogP contribution in [0.1, 0.15) is 6.42 Å². The first-order chi connectivity index (χ1) is 5.65. The van der Waals surface area contributed by atoms with E-state index in [4.69, 9.17) is 0 Å². The first-order valence-electron chi connectivity index (χ1n) is 3.59. The molecule has 0 radical (unpaired) electrons. The number of carbonyl (C=O) groups is 1. The summed E-state index contributed by atoms with van der Waals surface area (Å²) >= 11 is 3.64. The van der Waals surface area contributed by atoms with Gasteiger partial charge in [0.1, 0.15) is 5.76 Å². The molecule has 0 aromatic heterocycles. The van der Waals surface area contributed by atoms with Crippen molar-refractivity contribution < 1.29 is 8.98 Å². The summed E-state index contributed by atoms with van der Waals surface area (Å²) < 4.78 is 4.68. The molecular weight excluding hydrogens is 174 g/mol. The Kier molecular flexibility index (Phi) is 2.81. The van der Waals surface area contributed by atoms with Gasteiger partial charge >= 0.3 is 0 Å². The van der Waals surface area contributed by atoms with E-state index in [0.29, 0.717) is 12.2 Å². The van der Waals surface area contributed by atoms with E-state index in [0.717, 1.165) is 5.57 Å². The highest BCUT2D eigenvalue weighted by Gasteiger charge is 2.15. The van der Waals surface area contributed by atoms with Crippen LogP contribution in [0.4, 0.5) is 0 Å². The van der Waals surface area contributed by atoms with E-state index in [1.165, 1.54) is 0 Å². The normalized spacial score (nSPS) is 15.2. The number of hydrogen-bond donors (Lipinski definition) is 1. The number of likely N-dealkylation sites (N-methyl/N-ethyl adjacent to an activating group) is 1. The Hall–Kier alpha value is -0.900. The lowest BCUT2D eigenvalue weighted by molar-refractivity contribution is -0.124. The fourth-order valence-corrected chi connectivity index (χ4v) is 1.13. The van der Waals surface area contributed by atoms with Crippen LogP contribution < -0.4 is 0 Å². The van der Waals surface area contributed by atoms with E-state index >= 15 is 0 Å². The lowest BCUT2D eigenvalue weighted by Gasteiger charge is -2.09. The molecule has 3 nitrogen and oxygen atoms in total. The van der Waals surface area contributed by atoms with Crippen LogP contribution in [0.5, 0.6) is 0 Å². The minimum atomic E-state index is 0.0200. The SMILES string of the molecule is CN(C)C(=O)C1=CC(OS)=CC1. The van der Waals surface area contributed by atoms with Crippen molar-refractivity contribution in [2.24, 2.45) is 0 Å². The number of amides is 1. The predicted molar refractivity (Wildman–Crippen MR) is 49.5 cm³/mol. The molecule has 0 spiro atoms. The highest BCUT2D eigenvalue weighted by atomic mass is 32.1. The molecule has 0 aromatic carbocycles. The summed E-state index contributed by atoms with van der Waals surface area (Å²) in [5.74, 6) is 0.662. The molecule has 0 saturated heterocycles. The fourth-order valence-electron chi connectivity index (χ4n) is 1.00. The van der Waals surface area contributed by atoms with Gasteiger partial charge < -0.3 is 9.08 Å². The van der Waals surface area contributed by atoms with E-state index in [9.17, 15) is 4.79 Å². The molecule has 0 bridgehead atoms. The van der Waals surface area contributed by atoms with Gasteiger partial charge in [-0.1, -0.05) is 0 Å². The van der Waals surface area contributed by atoms with Crippen molar-refractivity contribution in [3.8, 4) is 0 Å². The van der Waals surface area contributed by atoms with E-state index in [1.807, 2.05) is 6.08 Å². The molecule has 0 atom stereocenters. The first-order valence-corrected chi connectivity index (χ1v) is 3.95. The molecule has 0 fully saturated rings. The smallest absolute Gasteiger partial charge is 0.249 e. The second-order valence-corrected chi connectivity index (χ2v) is 2.95. The maximum atomic E-state index is 11.4. The largest absolute Gasteiger partial charge is 0.429 e. The van der Waals surface area contributed by atoms with E-state index in [2.05, 4.69) is 17.1 Å². The molecule has 1 aliphatic rings. The Balaban J connectivity index is 2.65. The third-order valence-electron chi connectivity index (χ3n) is 1.63. The highest BCUT2D eigenvalue weighted by Crippen LogP contribution is 2.20. The van der Waals surface area contributed by atoms with Gasteiger partial charge in [-0.3, -0.25) is 4.79 Å². The van der Waals surface area contributed by atoms with Crippen LogP contribution in [0, 0.1) is 0 Å². The van der Waals surface area contributed by atoms with Crippen molar-refractivity contribution in [2.45, 2.75) is 6.42 Å². The zero-order chi connectivity index (χ0) is 9.14. The van der Waals surface area contributed by atoms with Gasteiger partial charge in [0.25, 0.3) is 0 Å². The monoisotopic (exact) mass is 185 g/mol. The molecule has 66 valence electrons. The van der Waals surface area contributed by atoms with Gasteiger partial charge in [-0.05, 0) is 18.6 Å². The Labute approximate surface area is 77.3 Å². The Morgan fingerprint density at radius 3 is 2.75 bits per heavy atom. The molecule has 0 aliphatic heterocycles. The summed E-state index contributed by atoms with van der Waals surface area (Å²) in [6.45, 7) is 0. The number of carbonyl (C=O) groups excluding carboxylic acids is 1. The molecule has 0 N–H and O–H groups in total. The van der Waals surface area contributed by atoms with Crippen molar-refractivity contribution in [3.63, 3.8) is 0 Å². The van der Waals surface area contributed by atoms with Crippen LogP contribution in [0.25, 0.3) is 0 Å². The summed E-state index contributed by atoms with van der Waals surface area (Å²) in [6, 6.07) is 0. The maximum absolute atomic E-state index is 11.4. The van der Waals surface area contributed by atoms with Gasteiger partial charge in [-0.25, -0.2) is 0 Å². The fraction of sp³-hybridized carbons (Fsp3) is 0.375. The predicted octanol–water partition coefficient (Wildman–Crippen LogP) is 1.15. The highest BCUT2D eigenvalue weighted by molar-refractivity contribution is 7.75. The van der Waals surface area contributed by atoms with E-state index in [-0.39, 0.29) is 5.91 Å². The summed E-state index contributed by atoms with van der Waals surface area (Å²) in [5.41, 5.74) is 0.740. The minimum Gasteiger partial charge on any atom is -0.429 e. The molecule has 1 aliphatic carbocycles. The van der Waals surface area contributed by atoms with Gasteiger partial charge in [-0.15, -0.1) is 0 Å². The number of thiol groups is 1. The average Bonchev–Trinajstić information content (AvgIpc) is 2.50.